The number of hydrogen-bond acceptors (Lipinski definition) is 6. The molecule has 8 nitrogen and oxygen atoms in total. The van der Waals surface area contributed by atoms with Gasteiger partial charge in [-0.2, -0.15) is 0 Å². The van der Waals surface area contributed by atoms with Crippen LogP contribution in [0.5, 0.6) is 5.75 Å². The van der Waals surface area contributed by atoms with Crippen LogP contribution in [0.25, 0.3) is 4.85 Å². The number of para-hydroxylation sites is 1. The van der Waals surface area contributed by atoms with Crippen LogP contribution in [0, 0.1) is 12.4 Å². The Balaban J connectivity index is 1.74. The van der Waals surface area contributed by atoms with Crippen molar-refractivity contribution in [3.05, 3.63) is 81.8 Å². The topological polar surface area (TPSA) is 80.9 Å². The molecular formula is C26H26FN5O3. The molecule has 0 unspecified atom stereocenters. The van der Waals surface area contributed by atoms with Crippen LogP contribution in [0.2, 0.25) is 0 Å². The largest absolute Gasteiger partial charge is 0.492 e. The summed E-state index contributed by atoms with van der Waals surface area (Å²) in [5, 5.41) is 3.16. The number of nitrogens with one attached hydrogen (secondary N) is 1. The maximum Gasteiger partial charge on any atom is 0.275 e. The molecule has 180 valence electrons. The molecule has 35 heavy (non-hydrogen) atoms. The maximum atomic E-state index is 14.3. The minimum atomic E-state index is -0.650. The second-order valence-electron chi connectivity index (χ2n) is 8.77. The standard InChI is InChI=1S/C26H26FN5O3/c1-26(2,35-6)17-11-10-15(30-24(17)28-3)12-16-13-20(22-21(29-16)14-32(4)25(22)33)31-19-9-7-8-18(27)23(19)34-5/h7-11,13H,12,14H2,1-2,4-6H3,(H,29,31). The van der Waals surface area contributed by atoms with E-state index in [4.69, 9.17) is 21.0 Å². The van der Waals surface area contributed by atoms with Crippen molar-refractivity contribution in [1.29, 1.82) is 0 Å². The van der Waals surface area contributed by atoms with Gasteiger partial charge in [0.25, 0.3) is 11.7 Å². The summed E-state index contributed by atoms with van der Waals surface area (Å²) in [7, 11) is 4.69. The van der Waals surface area contributed by atoms with Crippen molar-refractivity contribution in [2.24, 2.45) is 0 Å². The number of methoxy groups -OCH3 is 2. The number of benzene rings is 1. The van der Waals surface area contributed by atoms with Crippen LogP contribution in [-0.2, 0) is 23.3 Å². The molecule has 2 aromatic heterocycles. The number of halogens is 1. The van der Waals surface area contributed by atoms with Crippen LogP contribution in [-0.4, -0.2) is 42.0 Å². The average Bonchev–Trinajstić information content (AvgIpc) is 3.12. The highest BCUT2D eigenvalue weighted by Gasteiger charge is 2.31. The molecule has 0 fully saturated rings. The summed E-state index contributed by atoms with van der Waals surface area (Å²) < 4.78 is 25.0. The number of carbonyl (C=O) groups is 1. The van der Waals surface area contributed by atoms with E-state index in [1.54, 1.807) is 37.3 Å². The molecular weight excluding hydrogens is 449 g/mol. The van der Waals surface area contributed by atoms with E-state index in [2.05, 4.69) is 15.1 Å². The Bertz CT molecular complexity index is 1350. The van der Waals surface area contributed by atoms with Crippen molar-refractivity contribution >= 4 is 23.1 Å². The highest BCUT2D eigenvalue weighted by atomic mass is 19.1. The number of nitrogens with zero attached hydrogens (tertiary/aromatic N) is 4. The number of carbonyl (C=O) groups excluding carboxylic acids is 1. The minimum absolute atomic E-state index is 0.0538. The van der Waals surface area contributed by atoms with E-state index < -0.39 is 11.4 Å². The Labute approximate surface area is 203 Å². The zero-order valence-electron chi connectivity index (χ0n) is 20.3. The van der Waals surface area contributed by atoms with Crippen LogP contribution < -0.4 is 10.1 Å². The molecule has 0 radical (unpaired) electrons. The van der Waals surface area contributed by atoms with Gasteiger partial charge in [0.2, 0.25) is 0 Å². The molecule has 0 spiro atoms. The third kappa shape index (κ3) is 4.53. The van der Waals surface area contributed by atoms with Crippen molar-refractivity contribution < 1.29 is 18.7 Å². The van der Waals surface area contributed by atoms with Gasteiger partial charge in [0.15, 0.2) is 11.6 Å². The third-order valence-corrected chi connectivity index (χ3v) is 6.10. The number of rotatable bonds is 7. The number of ether oxygens (including phenoxy) is 2. The summed E-state index contributed by atoms with van der Waals surface area (Å²) in [5.41, 5.74) is 3.33. The molecule has 1 amide bonds. The van der Waals surface area contributed by atoms with Gasteiger partial charge in [0, 0.05) is 19.7 Å². The highest BCUT2D eigenvalue weighted by molar-refractivity contribution is 6.03. The van der Waals surface area contributed by atoms with Crippen molar-refractivity contribution in [3.8, 4) is 5.75 Å². The molecule has 0 saturated heterocycles. The predicted octanol–water partition coefficient (Wildman–Crippen LogP) is 4.98. The SMILES string of the molecule is [C-]#[N+]c1nc(Cc2cc(Nc3cccc(F)c3OC)c3c(n2)CN(C)C3=O)ccc1C(C)(C)OC. The molecule has 1 aliphatic heterocycles. The van der Waals surface area contributed by atoms with Crippen LogP contribution >= 0.6 is 0 Å². The van der Waals surface area contributed by atoms with Crippen LogP contribution in [0.4, 0.5) is 21.6 Å². The second kappa shape index (κ2) is 9.31. The van der Waals surface area contributed by atoms with Crippen LogP contribution in [0.1, 0.15) is 46.9 Å². The summed E-state index contributed by atoms with van der Waals surface area (Å²) in [6, 6.07) is 10.00. The Morgan fingerprint density at radius 2 is 1.94 bits per heavy atom. The van der Waals surface area contributed by atoms with E-state index in [0.29, 0.717) is 52.5 Å². The van der Waals surface area contributed by atoms with E-state index in [0.717, 1.165) is 0 Å². The molecule has 1 aliphatic rings. The van der Waals surface area contributed by atoms with Gasteiger partial charge in [-0.15, -0.1) is 4.98 Å². The lowest BCUT2D eigenvalue weighted by molar-refractivity contribution is 0.0197. The first-order valence-electron chi connectivity index (χ1n) is 11.0. The monoisotopic (exact) mass is 475 g/mol. The first-order chi connectivity index (χ1) is 16.7. The Morgan fingerprint density at radius 3 is 2.63 bits per heavy atom. The van der Waals surface area contributed by atoms with Gasteiger partial charge < -0.3 is 24.5 Å². The van der Waals surface area contributed by atoms with Gasteiger partial charge in [0.1, 0.15) is 5.69 Å². The normalized spacial score (nSPS) is 12.9. The third-order valence-electron chi connectivity index (χ3n) is 6.10. The van der Waals surface area contributed by atoms with Gasteiger partial charge in [-0.05, 0) is 38.1 Å². The van der Waals surface area contributed by atoms with Crippen molar-refractivity contribution in [1.82, 2.24) is 14.9 Å². The summed E-state index contributed by atoms with van der Waals surface area (Å²) in [4.78, 5) is 27.2. The van der Waals surface area contributed by atoms with E-state index in [9.17, 15) is 9.18 Å². The summed E-state index contributed by atoms with van der Waals surface area (Å²) >= 11 is 0. The molecule has 3 heterocycles. The van der Waals surface area contributed by atoms with Gasteiger partial charge in [-0.25, -0.2) is 4.39 Å². The summed E-state index contributed by atoms with van der Waals surface area (Å²) in [5.74, 6) is -0.357. The quantitative estimate of drug-likeness (QED) is 0.486. The number of pyridine rings is 2. The van der Waals surface area contributed by atoms with Crippen LogP contribution in [0.15, 0.2) is 36.4 Å². The molecule has 1 N–H and O–H groups in total. The van der Waals surface area contributed by atoms with Crippen molar-refractivity contribution in [2.45, 2.75) is 32.4 Å². The smallest absolute Gasteiger partial charge is 0.275 e. The van der Waals surface area contributed by atoms with E-state index in [1.807, 2.05) is 26.0 Å². The number of aromatic nitrogens is 2. The molecule has 0 saturated carbocycles. The zero-order chi connectivity index (χ0) is 25.3. The Hall–Kier alpha value is -4.03. The summed E-state index contributed by atoms with van der Waals surface area (Å²) in [6.07, 6.45) is 0.344. The predicted molar refractivity (Wildman–Crippen MR) is 130 cm³/mol. The lowest BCUT2D eigenvalue weighted by Crippen LogP contribution is -2.20. The van der Waals surface area contributed by atoms with Gasteiger partial charge >= 0.3 is 0 Å². The molecule has 4 rings (SSSR count). The van der Waals surface area contributed by atoms with Crippen molar-refractivity contribution in [2.75, 3.05) is 26.6 Å². The molecule has 0 aliphatic carbocycles. The van der Waals surface area contributed by atoms with Crippen molar-refractivity contribution in [3.63, 3.8) is 0 Å². The van der Waals surface area contributed by atoms with Gasteiger partial charge in [-0.1, -0.05) is 18.7 Å². The van der Waals surface area contributed by atoms with E-state index in [-0.39, 0.29) is 17.5 Å². The van der Waals surface area contributed by atoms with Crippen LogP contribution in [0.3, 0.4) is 0 Å². The summed E-state index contributed by atoms with van der Waals surface area (Å²) in [6.45, 7) is 11.7. The average molecular weight is 476 g/mol. The molecule has 1 aromatic carbocycles. The van der Waals surface area contributed by atoms with E-state index >= 15 is 0 Å². The second-order valence-corrected chi connectivity index (χ2v) is 8.77. The molecule has 9 heteroatoms. The minimum Gasteiger partial charge on any atom is -0.492 e. The number of amides is 1. The zero-order valence-corrected chi connectivity index (χ0v) is 20.3. The molecule has 3 aromatic rings. The van der Waals surface area contributed by atoms with E-state index in [1.165, 1.54) is 13.2 Å². The Morgan fingerprint density at radius 1 is 1.17 bits per heavy atom. The fourth-order valence-corrected chi connectivity index (χ4v) is 4.08. The number of fused-ring (bicyclic) bond motifs is 1. The number of hydrogen-bond donors (Lipinski definition) is 1. The highest BCUT2D eigenvalue weighted by Crippen LogP contribution is 2.36. The first-order valence-corrected chi connectivity index (χ1v) is 11.0. The molecule has 0 atom stereocenters. The van der Waals surface area contributed by atoms with Gasteiger partial charge in [0.05, 0.1) is 54.0 Å². The number of anilines is 2. The fraction of sp³-hybridized carbons (Fsp3) is 0.308. The lowest BCUT2D eigenvalue weighted by atomic mass is 9.98. The lowest BCUT2D eigenvalue weighted by Gasteiger charge is -2.24. The first kappa shape index (κ1) is 24.1. The van der Waals surface area contributed by atoms with Gasteiger partial charge in [-0.3, -0.25) is 9.78 Å². The maximum absolute atomic E-state index is 14.3. The Kier molecular flexibility index (Phi) is 6.41. The molecule has 0 bridgehead atoms. The fourth-order valence-electron chi connectivity index (χ4n) is 4.08.